The number of anilines is 1. The van der Waals surface area contributed by atoms with Crippen molar-refractivity contribution in [1.82, 2.24) is 0 Å². The number of nitro benzene ring substituents is 1. The van der Waals surface area contributed by atoms with Crippen LogP contribution in [0.1, 0.15) is 27.0 Å². The van der Waals surface area contributed by atoms with E-state index in [9.17, 15) is 23.3 Å². The zero-order chi connectivity index (χ0) is 22.9. The third-order valence-electron chi connectivity index (χ3n) is 4.76. The summed E-state index contributed by atoms with van der Waals surface area (Å²) in [7, 11) is -4.31. The monoisotopic (exact) mass is 458 g/mol. The lowest BCUT2D eigenvalue weighted by Gasteiger charge is -2.25. The summed E-state index contributed by atoms with van der Waals surface area (Å²) < 4.78 is 27.8. The molecule has 0 spiro atoms. The smallest absolute Gasteiger partial charge is 0.268 e. The number of aryl methyl sites for hydroxylation is 3. The summed E-state index contributed by atoms with van der Waals surface area (Å²) >= 11 is 5.89. The largest absolute Gasteiger partial charge is 0.272 e. The number of halogens is 1. The molecule has 0 atom stereocenters. The summed E-state index contributed by atoms with van der Waals surface area (Å²) in [6.07, 6.45) is 0. The molecule has 0 saturated carbocycles. The number of nitrogens with zero attached hydrogens (tertiary/aromatic N) is 2. The van der Waals surface area contributed by atoms with Crippen molar-refractivity contribution >= 4 is 38.9 Å². The minimum absolute atomic E-state index is 0.0153. The van der Waals surface area contributed by atoms with Crippen molar-refractivity contribution in [3.8, 4) is 0 Å². The number of sulfonamides is 1. The summed E-state index contributed by atoms with van der Waals surface area (Å²) in [6.45, 7) is 4.98. The Morgan fingerprint density at radius 1 is 0.935 bits per heavy atom. The Labute approximate surface area is 185 Å². The highest BCUT2D eigenvalue weighted by Gasteiger charge is 2.33. The maximum Gasteiger partial charge on any atom is 0.272 e. The molecule has 31 heavy (non-hydrogen) atoms. The molecule has 0 heterocycles. The Kier molecular flexibility index (Phi) is 6.15. The molecule has 0 radical (unpaired) electrons. The molecule has 0 aromatic heterocycles. The second-order valence-electron chi connectivity index (χ2n) is 7.08. The van der Waals surface area contributed by atoms with E-state index in [4.69, 9.17) is 11.6 Å². The quantitative estimate of drug-likeness (QED) is 0.386. The molecule has 0 aliphatic rings. The van der Waals surface area contributed by atoms with E-state index in [2.05, 4.69) is 0 Å². The van der Waals surface area contributed by atoms with Crippen LogP contribution in [0, 0.1) is 30.9 Å². The zero-order valence-corrected chi connectivity index (χ0v) is 18.6. The van der Waals surface area contributed by atoms with Gasteiger partial charge in [-0.05, 0) is 74.4 Å². The van der Waals surface area contributed by atoms with Crippen LogP contribution in [-0.4, -0.2) is 19.2 Å². The highest BCUT2D eigenvalue weighted by molar-refractivity contribution is 7.93. The lowest BCUT2D eigenvalue weighted by atomic mass is 10.1. The van der Waals surface area contributed by atoms with Gasteiger partial charge in [-0.25, -0.2) is 8.42 Å². The van der Waals surface area contributed by atoms with E-state index in [1.165, 1.54) is 49.4 Å². The van der Waals surface area contributed by atoms with Crippen molar-refractivity contribution in [2.75, 3.05) is 4.31 Å². The standard InChI is InChI=1S/C22H19ClN2O5S/c1-14-4-5-15(2)21(12-14)24(31(29,30)19-9-7-18(23)8-10-19)22(26)17-6-11-20(25(27)28)16(3)13-17/h4-13H,1-3H3. The van der Waals surface area contributed by atoms with Gasteiger partial charge in [-0.2, -0.15) is 4.31 Å². The first-order valence-electron chi connectivity index (χ1n) is 9.20. The van der Waals surface area contributed by atoms with Crippen LogP contribution in [0.4, 0.5) is 11.4 Å². The highest BCUT2D eigenvalue weighted by Crippen LogP contribution is 2.31. The van der Waals surface area contributed by atoms with E-state index in [1.807, 2.05) is 6.07 Å². The Hall–Kier alpha value is -3.23. The van der Waals surface area contributed by atoms with Crippen LogP contribution in [0.3, 0.4) is 0 Å². The van der Waals surface area contributed by atoms with Gasteiger partial charge in [-0.3, -0.25) is 14.9 Å². The molecule has 3 rings (SSSR count). The van der Waals surface area contributed by atoms with E-state index in [-0.39, 0.29) is 27.4 Å². The molecular weight excluding hydrogens is 440 g/mol. The SMILES string of the molecule is Cc1ccc(C)c(N(C(=O)c2ccc([N+](=O)[O-])c(C)c2)S(=O)(=O)c2ccc(Cl)cc2)c1. The third kappa shape index (κ3) is 4.45. The van der Waals surface area contributed by atoms with Gasteiger partial charge in [0.05, 0.1) is 15.5 Å². The normalized spacial score (nSPS) is 11.2. The van der Waals surface area contributed by atoms with Gasteiger partial charge >= 0.3 is 0 Å². The van der Waals surface area contributed by atoms with Crippen molar-refractivity contribution in [2.24, 2.45) is 0 Å². The topological polar surface area (TPSA) is 97.6 Å². The number of carbonyl (C=O) groups is 1. The molecule has 160 valence electrons. The number of hydrogen-bond acceptors (Lipinski definition) is 5. The van der Waals surface area contributed by atoms with Crippen molar-refractivity contribution in [3.63, 3.8) is 0 Å². The molecule has 0 unspecified atom stereocenters. The van der Waals surface area contributed by atoms with E-state index < -0.39 is 20.9 Å². The predicted octanol–water partition coefficient (Wildman–Crippen LogP) is 5.21. The molecule has 1 amide bonds. The Bertz CT molecular complexity index is 1290. The molecule has 0 N–H and O–H groups in total. The van der Waals surface area contributed by atoms with Crippen LogP contribution in [0.5, 0.6) is 0 Å². The van der Waals surface area contributed by atoms with Gasteiger partial charge in [0.1, 0.15) is 0 Å². The van der Waals surface area contributed by atoms with E-state index in [0.29, 0.717) is 10.6 Å². The van der Waals surface area contributed by atoms with Crippen LogP contribution >= 0.6 is 11.6 Å². The van der Waals surface area contributed by atoms with Crippen LogP contribution < -0.4 is 4.31 Å². The molecule has 0 aliphatic heterocycles. The molecule has 0 saturated heterocycles. The van der Waals surface area contributed by atoms with Gasteiger partial charge < -0.3 is 0 Å². The number of carbonyl (C=O) groups excluding carboxylic acids is 1. The average Bonchev–Trinajstić information content (AvgIpc) is 2.70. The fourth-order valence-electron chi connectivity index (χ4n) is 3.11. The van der Waals surface area contributed by atoms with Gasteiger partial charge in [0.25, 0.3) is 21.6 Å². The summed E-state index contributed by atoms with van der Waals surface area (Å²) in [5.74, 6) is -0.818. The van der Waals surface area contributed by atoms with Crippen molar-refractivity contribution in [2.45, 2.75) is 25.7 Å². The van der Waals surface area contributed by atoms with Crippen LogP contribution in [0.15, 0.2) is 65.6 Å². The molecule has 9 heteroatoms. The van der Waals surface area contributed by atoms with Gasteiger partial charge in [-0.1, -0.05) is 23.7 Å². The average molecular weight is 459 g/mol. The molecule has 0 bridgehead atoms. The summed E-state index contributed by atoms with van der Waals surface area (Å²) in [5.41, 5.74) is 1.66. The zero-order valence-electron chi connectivity index (χ0n) is 17.0. The molecule has 3 aromatic rings. The first-order valence-corrected chi connectivity index (χ1v) is 11.0. The van der Waals surface area contributed by atoms with Gasteiger partial charge in [0.15, 0.2) is 0 Å². The molecular formula is C22H19ClN2O5S. The Morgan fingerprint density at radius 2 is 1.58 bits per heavy atom. The minimum Gasteiger partial charge on any atom is -0.268 e. The Morgan fingerprint density at radius 3 is 2.16 bits per heavy atom. The van der Waals surface area contributed by atoms with Gasteiger partial charge in [0, 0.05) is 22.2 Å². The fraction of sp³-hybridized carbons (Fsp3) is 0.136. The van der Waals surface area contributed by atoms with E-state index in [0.717, 1.165) is 9.87 Å². The van der Waals surface area contributed by atoms with Crippen molar-refractivity contribution in [3.05, 3.63) is 98.1 Å². The number of nitro groups is 1. The van der Waals surface area contributed by atoms with E-state index >= 15 is 0 Å². The number of benzene rings is 3. The molecule has 0 fully saturated rings. The second-order valence-corrected chi connectivity index (χ2v) is 9.30. The van der Waals surface area contributed by atoms with Crippen LogP contribution in [0.25, 0.3) is 0 Å². The van der Waals surface area contributed by atoms with Crippen LogP contribution in [-0.2, 0) is 10.0 Å². The third-order valence-corrected chi connectivity index (χ3v) is 6.72. The second kappa shape index (κ2) is 8.49. The highest BCUT2D eigenvalue weighted by atomic mass is 35.5. The summed E-state index contributed by atoms with van der Waals surface area (Å²) in [5, 5.41) is 11.5. The van der Waals surface area contributed by atoms with Crippen LogP contribution in [0.2, 0.25) is 5.02 Å². The summed E-state index contributed by atoms with van der Waals surface area (Å²) in [4.78, 5) is 23.9. The minimum atomic E-state index is -4.31. The molecule has 0 aliphatic carbocycles. The maximum absolute atomic E-state index is 13.5. The lowest BCUT2D eigenvalue weighted by Crippen LogP contribution is -2.37. The first-order chi connectivity index (χ1) is 14.5. The summed E-state index contributed by atoms with van der Waals surface area (Å²) in [6, 6.07) is 14.4. The Balaban J connectivity index is 2.22. The van der Waals surface area contributed by atoms with Gasteiger partial charge in [0.2, 0.25) is 0 Å². The van der Waals surface area contributed by atoms with Crippen molar-refractivity contribution < 1.29 is 18.1 Å². The van der Waals surface area contributed by atoms with E-state index in [1.54, 1.807) is 26.0 Å². The molecule has 7 nitrogen and oxygen atoms in total. The number of rotatable bonds is 5. The van der Waals surface area contributed by atoms with Crippen molar-refractivity contribution in [1.29, 1.82) is 0 Å². The number of hydrogen-bond donors (Lipinski definition) is 0. The number of amides is 1. The fourth-order valence-corrected chi connectivity index (χ4v) is 4.71. The lowest BCUT2D eigenvalue weighted by molar-refractivity contribution is -0.385. The first kappa shape index (κ1) is 22.5. The predicted molar refractivity (Wildman–Crippen MR) is 119 cm³/mol. The van der Waals surface area contributed by atoms with Gasteiger partial charge in [-0.15, -0.1) is 0 Å². The maximum atomic E-state index is 13.5. The molecule has 3 aromatic carbocycles.